The number of hydrogen-bond acceptors (Lipinski definition) is 7. The van der Waals surface area contributed by atoms with Crippen molar-refractivity contribution in [3.8, 4) is 0 Å². The fourth-order valence-electron chi connectivity index (χ4n) is 3.99. The van der Waals surface area contributed by atoms with Crippen LogP contribution in [0.5, 0.6) is 0 Å². The van der Waals surface area contributed by atoms with Crippen molar-refractivity contribution in [2.75, 3.05) is 44.3 Å². The van der Waals surface area contributed by atoms with Crippen LogP contribution in [-0.4, -0.2) is 69.9 Å². The predicted octanol–water partition coefficient (Wildman–Crippen LogP) is 2.97. The van der Waals surface area contributed by atoms with Gasteiger partial charge in [-0.05, 0) is 31.0 Å². The Morgan fingerprint density at radius 1 is 1.23 bits per heavy atom. The number of halogens is 1. The number of aromatic nitrogens is 4. The van der Waals surface area contributed by atoms with Crippen LogP contribution in [0.3, 0.4) is 0 Å². The number of aryl methyl sites for hydroxylation is 1. The number of anilines is 1. The molecule has 2 aliphatic rings. The highest BCUT2D eigenvalue weighted by atomic mass is 79.9. The third-order valence-corrected chi connectivity index (χ3v) is 7.11. The van der Waals surface area contributed by atoms with Crippen molar-refractivity contribution in [2.24, 2.45) is 0 Å². The van der Waals surface area contributed by atoms with E-state index < -0.39 is 0 Å². The predicted molar refractivity (Wildman–Crippen MR) is 119 cm³/mol. The Balaban J connectivity index is 1.40. The molecule has 30 heavy (non-hydrogen) atoms. The summed E-state index contributed by atoms with van der Waals surface area (Å²) in [6, 6.07) is 5.99. The highest BCUT2D eigenvalue weighted by Crippen LogP contribution is 2.32. The van der Waals surface area contributed by atoms with Crippen LogP contribution in [0, 0.1) is 0 Å². The van der Waals surface area contributed by atoms with Crippen LogP contribution in [0.1, 0.15) is 29.3 Å². The third-order valence-electron chi connectivity index (χ3n) is 5.58. The maximum absolute atomic E-state index is 13.5. The van der Waals surface area contributed by atoms with E-state index in [1.807, 2.05) is 22.8 Å². The number of ether oxygens (including phenoxy) is 1. The molecule has 2 aromatic heterocycles. The normalized spacial score (nSPS) is 16.8. The molecule has 1 amide bonds. The molecule has 0 saturated carbocycles. The lowest BCUT2D eigenvalue weighted by molar-refractivity contribution is 0.0376. The zero-order valence-electron chi connectivity index (χ0n) is 16.6. The van der Waals surface area contributed by atoms with Gasteiger partial charge in [-0.3, -0.25) is 14.6 Å². The van der Waals surface area contributed by atoms with Gasteiger partial charge in [0.15, 0.2) is 5.13 Å². The maximum atomic E-state index is 13.5. The van der Waals surface area contributed by atoms with E-state index in [1.54, 1.807) is 4.90 Å². The number of carbonyl (C=O) groups excluding carboxylic acids is 1. The van der Waals surface area contributed by atoms with Gasteiger partial charge in [-0.2, -0.15) is 0 Å². The summed E-state index contributed by atoms with van der Waals surface area (Å²) in [5.74, 6) is 1.21. The molecule has 3 aromatic rings. The summed E-state index contributed by atoms with van der Waals surface area (Å²) in [7, 11) is 0. The highest BCUT2D eigenvalue weighted by Gasteiger charge is 2.29. The number of benzene rings is 1. The molecule has 0 aliphatic carbocycles. The van der Waals surface area contributed by atoms with E-state index in [0.717, 1.165) is 79.2 Å². The molecule has 1 aromatic carbocycles. The second-order valence-electron chi connectivity index (χ2n) is 7.57. The van der Waals surface area contributed by atoms with E-state index in [1.165, 1.54) is 11.3 Å². The first-order chi connectivity index (χ1) is 14.7. The van der Waals surface area contributed by atoms with E-state index in [2.05, 4.69) is 31.0 Å². The number of carbonyl (C=O) groups is 1. The van der Waals surface area contributed by atoms with Crippen molar-refractivity contribution in [3.63, 3.8) is 0 Å². The molecule has 0 bridgehead atoms. The van der Waals surface area contributed by atoms with Gasteiger partial charge in [0, 0.05) is 43.6 Å². The fraction of sp³-hybridized carbons (Fsp3) is 0.500. The van der Waals surface area contributed by atoms with Crippen molar-refractivity contribution in [1.82, 2.24) is 24.6 Å². The summed E-state index contributed by atoms with van der Waals surface area (Å²) in [5.41, 5.74) is 0.899. The van der Waals surface area contributed by atoms with Gasteiger partial charge in [0.1, 0.15) is 5.82 Å². The summed E-state index contributed by atoms with van der Waals surface area (Å²) < 4.78 is 9.45. The van der Waals surface area contributed by atoms with Gasteiger partial charge in [-0.25, -0.2) is 4.98 Å². The van der Waals surface area contributed by atoms with Crippen molar-refractivity contribution in [3.05, 3.63) is 34.3 Å². The fourth-order valence-corrected chi connectivity index (χ4v) is 5.53. The molecule has 2 aliphatic heterocycles. The van der Waals surface area contributed by atoms with Crippen LogP contribution >= 0.6 is 27.3 Å². The number of rotatable bonds is 6. The molecule has 10 heteroatoms. The van der Waals surface area contributed by atoms with Gasteiger partial charge >= 0.3 is 0 Å². The minimum absolute atomic E-state index is 0.115. The Bertz CT molecular complexity index is 1060. The van der Waals surface area contributed by atoms with Crippen LogP contribution in [0.4, 0.5) is 5.13 Å². The molecule has 0 unspecified atom stereocenters. The average molecular weight is 491 g/mol. The zero-order chi connectivity index (χ0) is 20.5. The Labute approximate surface area is 187 Å². The summed E-state index contributed by atoms with van der Waals surface area (Å²) in [4.78, 5) is 22.4. The third kappa shape index (κ3) is 4.01. The average Bonchev–Trinajstić information content (AvgIpc) is 3.46. The van der Waals surface area contributed by atoms with E-state index in [9.17, 15) is 4.79 Å². The summed E-state index contributed by atoms with van der Waals surface area (Å²) in [6.45, 7) is 5.78. The number of amides is 1. The lowest BCUT2D eigenvalue weighted by Gasteiger charge is -2.27. The first-order valence-corrected chi connectivity index (χ1v) is 11.9. The second-order valence-corrected chi connectivity index (χ2v) is 9.49. The van der Waals surface area contributed by atoms with Crippen LogP contribution in [0.15, 0.2) is 22.7 Å². The van der Waals surface area contributed by atoms with Gasteiger partial charge in [0.05, 0.1) is 23.4 Å². The largest absolute Gasteiger partial charge is 0.379 e. The number of hydrogen-bond donors (Lipinski definition) is 0. The quantitative estimate of drug-likeness (QED) is 0.528. The molecule has 0 radical (unpaired) electrons. The van der Waals surface area contributed by atoms with Gasteiger partial charge in [0.2, 0.25) is 5.82 Å². The summed E-state index contributed by atoms with van der Waals surface area (Å²) in [5, 5.41) is 9.15. The molecule has 4 heterocycles. The van der Waals surface area contributed by atoms with Crippen LogP contribution in [0.2, 0.25) is 0 Å². The standard InChI is InChI=1S/C20H23BrN6O2S/c21-14-4-5-15-16(13-14)30-20(22-15)27(8-2-6-25-9-11-29-12-10-25)19(28)18-24-23-17-3-1-7-26(17)18/h4-5,13H,1-3,6-12H2. The topological polar surface area (TPSA) is 76.4 Å². The van der Waals surface area contributed by atoms with Gasteiger partial charge in [-0.1, -0.05) is 27.3 Å². The summed E-state index contributed by atoms with van der Waals surface area (Å²) in [6.07, 6.45) is 2.76. The van der Waals surface area contributed by atoms with Crippen LogP contribution in [0.25, 0.3) is 10.2 Å². The molecule has 0 spiro atoms. The molecular formula is C20H23BrN6O2S. The number of fused-ring (bicyclic) bond motifs is 2. The number of nitrogens with zero attached hydrogens (tertiary/aromatic N) is 6. The molecule has 1 fully saturated rings. The van der Waals surface area contributed by atoms with Crippen molar-refractivity contribution >= 4 is 48.5 Å². The molecule has 8 nitrogen and oxygen atoms in total. The minimum atomic E-state index is -0.115. The first-order valence-electron chi connectivity index (χ1n) is 10.3. The van der Waals surface area contributed by atoms with E-state index in [-0.39, 0.29) is 5.91 Å². The monoisotopic (exact) mass is 490 g/mol. The summed E-state index contributed by atoms with van der Waals surface area (Å²) >= 11 is 5.06. The molecule has 1 saturated heterocycles. The first kappa shape index (κ1) is 20.0. The highest BCUT2D eigenvalue weighted by molar-refractivity contribution is 9.10. The molecule has 0 N–H and O–H groups in total. The second kappa shape index (κ2) is 8.70. The van der Waals surface area contributed by atoms with E-state index in [0.29, 0.717) is 17.5 Å². The van der Waals surface area contributed by atoms with Gasteiger partial charge in [0.25, 0.3) is 5.91 Å². The van der Waals surface area contributed by atoms with Crippen molar-refractivity contribution in [1.29, 1.82) is 0 Å². The Morgan fingerprint density at radius 3 is 2.97 bits per heavy atom. The molecule has 5 rings (SSSR count). The number of thiazole rings is 1. The van der Waals surface area contributed by atoms with Crippen molar-refractivity contribution < 1.29 is 9.53 Å². The minimum Gasteiger partial charge on any atom is -0.379 e. The lowest BCUT2D eigenvalue weighted by Crippen LogP contribution is -2.39. The Morgan fingerprint density at radius 2 is 2.10 bits per heavy atom. The smallest absolute Gasteiger partial charge is 0.298 e. The van der Waals surface area contributed by atoms with Gasteiger partial charge < -0.3 is 9.30 Å². The Kier molecular flexibility index (Phi) is 5.81. The molecule has 158 valence electrons. The van der Waals surface area contributed by atoms with Crippen LogP contribution in [-0.2, 0) is 17.7 Å². The lowest BCUT2D eigenvalue weighted by atomic mass is 10.3. The van der Waals surface area contributed by atoms with E-state index >= 15 is 0 Å². The molecule has 0 atom stereocenters. The Hall–Kier alpha value is -1.88. The molecular weight excluding hydrogens is 468 g/mol. The zero-order valence-corrected chi connectivity index (χ0v) is 19.0. The SMILES string of the molecule is O=C(c1nnc2n1CCC2)N(CCCN1CCOCC1)c1nc2ccc(Br)cc2s1. The number of morpholine rings is 1. The maximum Gasteiger partial charge on any atom is 0.298 e. The van der Waals surface area contributed by atoms with Gasteiger partial charge in [-0.15, -0.1) is 10.2 Å². The van der Waals surface area contributed by atoms with Crippen LogP contribution < -0.4 is 4.90 Å². The van der Waals surface area contributed by atoms with E-state index in [4.69, 9.17) is 9.72 Å². The van der Waals surface area contributed by atoms with Crippen molar-refractivity contribution in [2.45, 2.75) is 25.8 Å².